The fraction of sp³-hybridized carbons (Fsp3) is 0.667. The van der Waals surface area contributed by atoms with Gasteiger partial charge in [0.1, 0.15) is 5.82 Å². The second-order valence-corrected chi connectivity index (χ2v) is 5.11. The van der Waals surface area contributed by atoms with Gasteiger partial charge in [0.25, 0.3) is 5.56 Å². The minimum atomic E-state index is 0.0284. The van der Waals surface area contributed by atoms with Crippen molar-refractivity contribution in [2.45, 2.75) is 46.7 Å². The largest absolute Gasteiger partial charge is 0.310 e. The second kappa shape index (κ2) is 4.78. The van der Waals surface area contributed by atoms with Gasteiger partial charge in [-0.25, -0.2) is 4.98 Å². The van der Waals surface area contributed by atoms with E-state index in [1.54, 1.807) is 10.6 Å². The molecule has 0 fully saturated rings. The van der Waals surface area contributed by atoms with Crippen LogP contribution in [0.2, 0.25) is 0 Å². The fourth-order valence-corrected chi connectivity index (χ4v) is 1.58. The smallest absolute Gasteiger partial charge is 0.253 e. The fourth-order valence-electron chi connectivity index (χ4n) is 1.58. The summed E-state index contributed by atoms with van der Waals surface area (Å²) >= 11 is 0. The number of aryl methyl sites for hydroxylation is 2. The highest BCUT2D eigenvalue weighted by molar-refractivity contribution is 5.01. The third kappa shape index (κ3) is 3.77. The first kappa shape index (κ1) is 12.9. The highest BCUT2D eigenvalue weighted by Crippen LogP contribution is 1.98. The Morgan fingerprint density at radius 1 is 1.38 bits per heavy atom. The molecule has 0 aliphatic rings. The van der Waals surface area contributed by atoms with Crippen molar-refractivity contribution in [2.75, 3.05) is 6.54 Å². The van der Waals surface area contributed by atoms with Crippen LogP contribution in [0.5, 0.6) is 0 Å². The highest BCUT2D eigenvalue weighted by atomic mass is 16.1. The zero-order chi connectivity index (χ0) is 12.3. The van der Waals surface area contributed by atoms with Gasteiger partial charge in [-0.15, -0.1) is 0 Å². The summed E-state index contributed by atoms with van der Waals surface area (Å²) in [6, 6.07) is 1.57. The SMILES string of the molecule is Cc1cc(=O)n(CCNC(C)(C)C)c(C)n1. The standard InChI is InChI=1S/C12H21N3O/c1-9-8-11(16)15(10(2)14-9)7-6-13-12(3,4)5/h8,13H,6-7H2,1-5H3. The lowest BCUT2D eigenvalue weighted by Crippen LogP contribution is -2.39. The van der Waals surface area contributed by atoms with E-state index >= 15 is 0 Å². The van der Waals surface area contributed by atoms with E-state index in [1.807, 2.05) is 13.8 Å². The van der Waals surface area contributed by atoms with Crippen molar-refractivity contribution in [3.05, 3.63) is 27.9 Å². The predicted molar refractivity (Wildman–Crippen MR) is 65.7 cm³/mol. The first-order valence-electron chi connectivity index (χ1n) is 5.60. The maximum Gasteiger partial charge on any atom is 0.253 e. The summed E-state index contributed by atoms with van der Waals surface area (Å²) in [6.45, 7) is 11.5. The van der Waals surface area contributed by atoms with Crippen molar-refractivity contribution in [1.29, 1.82) is 0 Å². The van der Waals surface area contributed by atoms with Gasteiger partial charge in [-0.05, 0) is 34.6 Å². The molecule has 0 bridgehead atoms. The Hall–Kier alpha value is -1.16. The van der Waals surface area contributed by atoms with E-state index in [9.17, 15) is 4.79 Å². The van der Waals surface area contributed by atoms with Crippen LogP contribution >= 0.6 is 0 Å². The van der Waals surface area contributed by atoms with Crippen molar-refractivity contribution in [2.24, 2.45) is 0 Å². The molecule has 0 aliphatic carbocycles. The van der Waals surface area contributed by atoms with E-state index in [4.69, 9.17) is 0 Å². The second-order valence-electron chi connectivity index (χ2n) is 5.11. The van der Waals surface area contributed by atoms with E-state index in [1.165, 1.54) is 0 Å². The normalized spacial score (nSPS) is 11.8. The molecule has 1 rings (SSSR count). The summed E-state index contributed by atoms with van der Waals surface area (Å²) in [5.41, 5.74) is 0.888. The molecule has 0 aromatic carbocycles. The molecule has 1 aromatic heterocycles. The lowest BCUT2D eigenvalue weighted by molar-refractivity contribution is 0.407. The van der Waals surface area contributed by atoms with Crippen LogP contribution in [0.1, 0.15) is 32.3 Å². The van der Waals surface area contributed by atoms with Crippen LogP contribution in [-0.4, -0.2) is 21.6 Å². The third-order valence-electron chi connectivity index (χ3n) is 2.32. The van der Waals surface area contributed by atoms with Gasteiger partial charge in [-0.1, -0.05) is 0 Å². The molecule has 1 aromatic rings. The summed E-state index contributed by atoms with van der Waals surface area (Å²) in [5.74, 6) is 0.778. The van der Waals surface area contributed by atoms with Gasteiger partial charge in [-0.3, -0.25) is 9.36 Å². The van der Waals surface area contributed by atoms with E-state index in [0.29, 0.717) is 6.54 Å². The van der Waals surface area contributed by atoms with E-state index in [0.717, 1.165) is 18.1 Å². The van der Waals surface area contributed by atoms with Crippen LogP contribution in [-0.2, 0) is 6.54 Å². The van der Waals surface area contributed by atoms with Crippen LogP contribution in [0.15, 0.2) is 10.9 Å². The zero-order valence-electron chi connectivity index (χ0n) is 10.8. The van der Waals surface area contributed by atoms with Crippen molar-refractivity contribution in [1.82, 2.24) is 14.9 Å². The first-order valence-corrected chi connectivity index (χ1v) is 5.60. The number of hydrogen-bond acceptors (Lipinski definition) is 3. The van der Waals surface area contributed by atoms with Crippen molar-refractivity contribution in [3.8, 4) is 0 Å². The first-order chi connectivity index (χ1) is 7.29. The monoisotopic (exact) mass is 223 g/mol. The summed E-state index contributed by atoms with van der Waals surface area (Å²) in [6.07, 6.45) is 0. The maximum atomic E-state index is 11.7. The van der Waals surface area contributed by atoms with Gasteiger partial charge in [-0.2, -0.15) is 0 Å². The molecular weight excluding hydrogens is 202 g/mol. The van der Waals surface area contributed by atoms with Gasteiger partial charge in [0, 0.05) is 30.4 Å². The number of nitrogens with one attached hydrogen (secondary N) is 1. The van der Waals surface area contributed by atoms with E-state index in [-0.39, 0.29) is 11.1 Å². The minimum Gasteiger partial charge on any atom is -0.310 e. The molecule has 0 aliphatic heterocycles. The molecule has 0 saturated heterocycles. The minimum absolute atomic E-state index is 0.0284. The molecule has 0 amide bonds. The number of rotatable bonds is 3. The van der Waals surface area contributed by atoms with E-state index in [2.05, 4.69) is 31.1 Å². The molecule has 4 heteroatoms. The molecule has 0 spiro atoms. The summed E-state index contributed by atoms with van der Waals surface area (Å²) in [5, 5.41) is 3.35. The van der Waals surface area contributed by atoms with Crippen LogP contribution < -0.4 is 10.9 Å². The topological polar surface area (TPSA) is 46.9 Å². The van der Waals surface area contributed by atoms with Gasteiger partial charge >= 0.3 is 0 Å². The molecule has 0 atom stereocenters. The predicted octanol–water partition coefficient (Wildman–Crippen LogP) is 1.25. The van der Waals surface area contributed by atoms with Crippen LogP contribution in [0.4, 0.5) is 0 Å². The van der Waals surface area contributed by atoms with E-state index < -0.39 is 0 Å². The molecule has 1 heterocycles. The zero-order valence-corrected chi connectivity index (χ0v) is 10.8. The van der Waals surface area contributed by atoms with Crippen LogP contribution in [0.3, 0.4) is 0 Å². The summed E-state index contributed by atoms with van der Waals surface area (Å²) < 4.78 is 1.70. The summed E-state index contributed by atoms with van der Waals surface area (Å²) in [4.78, 5) is 16.0. The molecule has 0 saturated carbocycles. The average Bonchev–Trinajstić information content (AvgIpc) is 2.07. The van der Waals surface area contributed by atoms with Crippen molar-refractivity contribution >= 4 is 0 Å². The Balaban J connectivity index is 2.72. The van der Waals surface area contributed by atoms with Gasteiger partial charge < -0.3 is 5.32 Å². The lowest BCUT2D eigenvalue weighted by Gasteiger charge is -2.21. The molecular formula is C12H21N3O. The maximum absolute atomic E-state index is 11.7. The van der Waals surface area contributed by atoms with Crippen molar-refractivity contribution in [3.63, 3.8) is 0 Å². The van der Waals surface area contributed by atoms with Gasteiger partial charge in [0.15, 0.2) is 0 Å². The average molecular weight is 223 g/mol. The molecule has 0 radical (unpaired) electrons. The number of aromatic nitrogens is 2. The van der Waals surface area contributed by atoms with Crippen molar-refractivity contribution < 1.29 is 0 Å². The van der Waals surface area contributed by atoms with Gasteiger partial charge in [0.05, 0.1) is 0 Å². The van der Waals surface area contributed by atoms with Gasteiger partial charge in [0.2, 0.25) is 0 Å². The molecule has 4 nitrogen and oxygen atoms in total. The Morgan fingerprint density at radius 2 is 2.00 bits per heavy atom. The lowest BCUT2D eigenvalue weighted by atomic mass is 10.1. The van der Waals surface area contributed by atoms with Crippen LogP contribution in [0.25, 0.3) is 0 Å². The summed E-state index contributed by atoms with van der Waals surface area (Å²) in [7, 11) is 0. The molecule has 1 N–H and O–H groups in total. The molecule has 90 valence electrons. The Kier molecular flexibility index (Phi) is 3.86. The number of nitrogens with zero attached hydrogens (tertiary/aromatic N) is 2. The Labute approximate surface area is 96.7 Å². The Bertz CT molecular complexity index is 415. The molecule has 16 heavy (non-hydrogen) atoms. The third-order valence-corrected chi connectivity index (χ3v) is 2.32. The van der Waals surface area contributed by atoms with Crippen LogP contribution in [0, 0.1) is 13.8 Å². The molecule has 0 unspecified atom stereocenters. The Morgan fingerprint density at radius 3 is 2.50 bits per heavy atom. The number of hydrogen-bond donors (Lipinski definition) is 1. The quantitative estimate of drug-likeness (QED) is 0.839. The highest BCUT2D eigenvalue weighted by Gasteiger charge is 2.09.